The monoisotopic (exact) mass is 173 g/mol. The lowest BCUT2D eigenvalue weighted by Crippen LogP contribution is -2.45. The maximum Gasteiger partial charge on any atom is 0.323 e. The molecule has 12 heavy (non-hydrogen) atoms. The highest BCUT2D eigenvalue weighted by atomic mass is 16.4. The molecule has 0 aliphatic carbocycles. The molecule has 4 nitrogen and oxygen atoms in total. The third-order valence-electron chi connectivity index (χ3n) is 2.32. The maximum atomic E-state index is 10.7. The van der Waals surface area contributed by atoms with Crippen molar-refractivity contribution in [3.8, 4) is 0 Å². The number of aliphatic hydroxyl groups is 1. The first kappa shape index (κ1) is 9.48. The van der Waals surface area contributed by atoms with Gasteiger partial charge in [0.15, 0.2) is 0 Å². The molecule has 0 saturated carbocycles. The van der Waals surface area contributed by atoms with Gasteiger partial charge in [0, 0.05) is 12.6 Å². The number of carboxylic acids is 1. The number of carbonyl (C=O) groups is 1. The normalized spacial score (nSPS) is 31.3. The quantitative estimate of drug-likeness (QED) is 0.613. The van der Waals surface area contributed by atoms with E-state index in [4.69, 9.17) is 5.11 Å². The molecule has 0 radical (unpaired) electrons. The summed E-state index contributed by atoms with van der Waals surface area (Å²) in [7, 11) is 0. The molecule has 0 aromatic rings. The Balaban J connectivity index is 2.70. The van der Waals surface area contributed by atoms with Crippen LogP contribution in [0.5, 0.6) is 0 Å². The van der Waals surface area contributed by atoms with Crippen LogP contribution in [0.15, 0.2) is 0 Å². The molecule has 1 aliphatic rings. The van der Waals surface area contributed by atoms with Gasteiger partial charge in [0.1, 0.15) is 6.04 Å². The van der Waals surface area contributed by atoms with E-state index in [0.29, 0.717) is 13.0 Å². The second kappa shape index (κ2) is 3.41. The van der Waals surface area contributed by atoms with Gasteiger partial charge in [-0.2, -0.15) is 0 Å². The maximum absolute atomic E-state index is 10.7. The van der Waals surface area contributed by atoms with E-state index < -0.39 is 18.1 Å². The number of carboxylic acid groups (broad SMARTS) is 1. The van der Waals surface area contributed by atoms with Crippen LogP contribution in [0.25, 0.3) is 0 Å². The van der Waals surface area contributed by atoms with Gasteiger partial charge in [0.05, 0.1) is 6.10 Å². The number of rotatable bonds is 2. The summed E-state index contributed by atoms with van der Waals surface area (Å²) >= 11 is 0. The van der Waals surface area contributed by atoms with Crippen molar-refractivity contribution >= 4 is 5.97 Å². The molecule has 2 atom stereocenters. The van der Waals surface area contributed by atoms with Gasteiger partial charge in [-0.25, -0.2) is 0 Å². The third kappa shape index (κ3) is 1.59. The average Bonchev–Trinajstić information content (AvgIpc) is 2.30. The molecule has 4 heteroatoms. The van der Waals surface area contributed by atoms with Crippen molar-refractivity contribution < 1.29 is 15.0 Å². The average molecular weight is 173 g/mol. The topological polar surface area (TPSA) is 60.8 Å². The third-order valence-corrected chi connectivity index (χ3v) is 2.32. The van der Waals surface area contributed by atoms with Crippen LogP contribution in [0.3, 0.4) is 0 Å². The largest absolute Gasteiger partial charge is 0.480 e. The van der Waals surface area contributed by atoms with E-state index >= 15 is 0 Å². The van der Waals surface area contributed by atoms with Crippen molar-refractivity contribution in [2.24, 2.45) is 0 Å². The summed E-state index contributed by atoms with van der Waals surface area (Å²) in [5.41, 5.74) is 0. The van der Waals surface area contributed by atoms with Crippen molar-refractivity contribution in [3.63, 3.8) is 0 Å². The van der Waals surface area contributed by atoms with Gasteiger partial charge in [-0.3, -0.25) is 9.69 Å². The molecular formula is C8H15NO3. The predicted molar refractivity (Wildman–Crippen MR) is 43.9 cm³/mol. The van der Waals surface area contributed by atoms with Gasteiger partial charge in [0.25, 0.3) is 0 Å². The summed E-state index contributed by atoms with van der Waals surface area (Å²) in [6.07, 6.45) is -0.139. The van der Waals surface area contributed by atoms with Crippen LogP contribution in [0.1, 0.15) is 20.3 Å². The molecule has 1 fully saturated rings. The lowest BCUT2D eigenvalue weighted by molar-refractivity contribution is -0.145. The fourth-order valence-electron chi connectivity index (χ4n) is 1.69. The Kier molecular flexibility index (Phi) is 2.69. The molecule has 0 bridgehead atoms. The second-order valence-electron chi connectivity index (χ2n) is 3.47. The van der Waals surface area contributed by atoms with E-state index in [1.54, 1.807) is 0 Å². The summed E-state index contributed by atoms with van der Waals surface area (Å²) in [4.78, 5) is 12.5. The highest BCUT2D eigenvalue weighted by Crippen LogP contribution is 2.20. The molecule has 1 aliphatic heterocycles. The molecular weight excluding hydrogens is 158 g/mol. The lowest BCUT2D eigenvalue weighted by atomic mass is 10.1. The molecule has 0 aromatic heterocycles. The fourth-order valence-corrected chi connectivity index (χ4v) is 1.69. The number of nitrogens with zero attached hydrogens (tertiary/aromatic N) is 1. The van der Waals surface area contributed by atoms with Crippen LogP contribution in [0.4, 0.5) is 0 Å². The standard InChI is InChI=1S/C8H15NO3/c1-5(2)9-4-3-6(10)7(9)8(11)12/h5-7,10H,3-4H2,1-2H3,(H,11,12)/t6-,7+/m1/s1. The highest BCUT2D eigenvalue weighted by molar-refractivity contribution is 5.74. The summed E-state index contributed by atoms with van der Waals surface area (Å²) in [6.45, 7) is 4.55. The van der Waals surface area contributed by atoms with Gasteiger partial charge in [0.2, 0.25) is 0 Å². The SMILES string of the molecule is CC(C)N1CC[C@@H](O)[C@H]1C(=O)O. The number of hydrogen-bond acceptors (Lipinski definition) is 3. The minimum atomic E-state index is -0.922. The molecule has 0 amide bonds. The molecule has 0 aromatic carbocycles. The molecule has 1 rings (SSSR count). The van der Waals surface area contributed by atoms with Crippen LogP contribution in [0, 0.1) is 0 Å². The second-order valence-corrected chi connectivity index (χ2v) is 3.47. The molecule has 0 unspecified atom stereocenters. The van der Waals surface area contributed by atoms with Crippen molar-refractivity contribution in [2.75, 3.05) is 6.54 Å². The Morgan fingerprint density at radius 3 is 2.50 bits per heavy atom. The van der Waals surface area contributed by atoms with Gasteiger partial charge < -0.3 is 10.2 Å². The molecule has 0 spiro atoms. The Labute approximate surface area is 71.8 Å². The zero-order valence-electron chi connectivity index (χ0n) is 7.40. The van der Waals surface area contributed by atoms with Gasteiger partial charge in [-0.15, -0.1) is 0 Å². The van der Waals surface area contributed by atoms with Crippen LogP contribution < -0.4 is 0 Å². The van der Waals surface area contributed by atoms with Gasteiger partial charge in [-0.1, -0.05) is 0 Å². The molecule has 2 N–H and O–H groups in total. The van der Waals surface area contributed by atoms with Crippen molar-refractivity contribution in [1.29, 1.82) is 0 Å². The van der Waals surface area contributed by atoms with Crippen molar-refractivity contribution in [2.45, 2.75) is 38.5 Å². The Morgan fingerprint density at radius 2 is 2.17 bits per heavy atom. The van der Waals surface area contributed by atoms with E-state index in [1.807, 2.05) is 18.7 Å². The van der Waals surface area contributed by atoms with Crippen LogP contribution >= 0.6 is 0 Å². The minimum absolute atomic E-state index is 0.184. The number of hydrogen-bond donors (Lipinski definition) is 2. The fraction of sp³-hybridized carbons (Fsp3) is 0.875. The van der Waals surface area contributed by atoms with Crippen molar-refractivity contribution in [1.82, 2.24) is 4.90 Å². The van der Waals surface area contributed by atoms with E-state index in [1.165, 1.54) is 0 Å². The smallest absolute Gasteiger partial charge is 0.323 e. The molecule has 1 heterocycles. The van der Waals surface area contributed by atoms with Gasteiger partial charge in [-0.05, 0) is 20.3 Å². The highest BCUT2D eigenvalue weighted by Gasteiger charge is 2.39. The first-order valence-corrected chi connectivity index (χ1v) is 4.20. The summed E-state index contributed by atoms with van der Waals surface area (Å²) in [5, 5.41) is 18.2. The Hall–Kier alpha value is -0.610. The Bertz CT molecular complexity index is 181. The van der Waals surface area contributed by atoms with E-state index in [2.05, 4.69) is 0 Å². The Morgan fingerprint density at radius 1 is 1.58 bits per heavy atom. The van der Waals surface area contributed by atoms with E-state index in [-0.39, 0.29) is 6.04 Å². The van der Waals surface area contributed by atoms with E-state index in [9.17, 15) is 9.90 Å². The molecule has 70 valence electrons. The molecule has 1 saturated heterocycles. The lowest BCUT2D eigenvalue weighted by Gasteiger charge is -2.25. The minimum Gasteiger partial charge on any atom is -0.480 e. The summed E-state index contributed by atoms with van der Waals surface area (Å²) in [5.74, 6) is -0.922. The van der Waals surface area contributed by atoms with E-state index in [0.717, 1.165) is 0 Å². The number of likely N-dealkylation sites (tertiary alicyclic amines) is 1. The van der Waals surface area contributed by atoms with Gasteiger partial charge >= 0.3 is 5.97 Å². The van der Waals surface area contributed by atoms with Crippen molar-refractivity contribution in [3.05, 3.63) is 0 Å². The first-order chi connectivity index (χ1) is 5.54. The van der Waals surface area contributed by atoms with Crippen LogP contribution in [0.2, 0.25) is 0 Å². The zero-order chi connectivity index (χ0) is 9.30. The van der Waals surface area contributed by atoms with Crippen LogP contribution in [-0.4, -0.2) is 45.8 Å². The first-order valence-electron chi connectivity index (χ1n) is 4.20. The zero-order valence-corrected chi connectivity index (χ0v) is 7.40. The summed E-state index contributed by atoms with van der Waals surface area (Å²) < 4.78 is 0. The number of aliphatic hydroxyl groups excluding tert-OH is 1. The summed E-state index contributed by atoms with van der Waals surface area (Å²) in [6, 6.07) is -0.520. The predicted octanol–water partition coefficient (Wildman–Crippen LogP) is -0.0854. The number of aliphatic carboxylic acids is 1. The van der Waals surface area contributed by atoms with Crippen LogP contribution in [-0.2, 0) is 4.79 Å².